The van der Waals surface area contributed by atoms with Gasteiger partial charge in [0.2, 0.25) is 0 Å². The van der Waals surface area contributed by atoms with Crippen LogP contribution in [0.4, 0.5) is 4.79 Å². The van der Waals surface area contributed by atoms with Gasteiger partial charge in [-0.1, -0.05) is 26.7 Å². The second-order valence-corrected chi connectivity index (χ2v) is 6.95. The normalized spacial score (nSPS) is 32.6. The van der Waals surface area contributed by atoms with Gasteiger partial charge < -0.3 is 15.7 Å². The minimum Gasteiger partial charge on any atom is -0.481 e. The summed E-state index contributed by atoms with van der Waals surface area (Å²) in [5, 5.41) is 15.0. The van der Waals surface area contributed by atoms with Crippen molar-refractivity contribution in [1.82, 2.24) is 10.6 Å². The maximum Gasteiger partial charge on any atom is 0.315 e. The van der Waals surface area contributed by atoms with E-state index < -0.39 is 5.97 Å². The minimum absolute atomic E-state index is 0.00260. The third kappa shape index (κ3) is 3.64. The van der Waals surface area contributed by atoms with Crippen LogP contribution in [0.1, 0.15) is 58.8 Å². The van der Waals surface area contributed by atoms with Crippen LogP contribution in [-0.2, 0) is 4.79 Å². The molecule has 0 radical (unpaired) electrons. The Hall–Kier alpha value is -1.26. The molecule has 2 amide bonds. The Morgan fingerprint density at radius 3 is 2.45 bits per heavy atom. The highest BCUT2D eigenvalue weighted by Gasteiger charge is 2.34. The van der Waals surface area contributed by atoms with Crippen molar-refractivity contribution in [3.63, 3.8) is 0 Å². The van der Waals surface area contributed by atoms with E-state index in [-0.39, 0.29) is 29.4 Å². The van der Waals surface area contributed by atoms with Crippen LogP contribution in [0.15, 0.2) is 0 Å². The van der Waals surface area contributed by atoms with Crippen molar-refractivity contribution in [2.24, 2.45) is 11.3 Å². The zero-order chi connectivity index (χ0) is 14.8. The predicted molar refractivity (Wildman–Crippen MR) is 76.5 cm³/mol. The number of urea groups is 1. The molecule has 3 N–H and O–H groups in total. The molecule has 2 fully saturated rings. The van der Waals surface area contributed by atoms with E-state index in [0.717, 1.165) is 19.3 Å². The molecule has 2 aliphatic carbocycles. The predicted octanol–water partition coefficient (Wildman–Crippen LogP) is 2.51. The fourth-order valence-corrected chi connectivity index (χ4v) is 3.48. The molecule has 0 aliphatic heterocycles. The molecule has 20 heavy (non-hydrogen) atoms. The van der Waals surface area contributed by atoms with Crippen molar-refractivity contribution in [3.05, 3.63) is 0 Å². The van der Waals surface area contributed by atoms with Crippen molar-refractivity contribution in [3.8, 4) is 0 Å². The van der Waals surface area contributed by atoms with Gasteiger partial charge in [0.15, 0.2) is 0 Å². The summed E-state index contributed by atoms with van der Waals surface area (Å²) >= 11 is 0. The molecular weight excluding hydrogens is 256 g/mol. The maximum absolute atomic E-state index is 12.1. The fourth-order valence-electron chi connectivity index (χ4n) is 3.48. The van der Waals surface area contributed by atoms with Gasteiger partial charge in [-0.05, 0) is 37.5 Å². The van der Waals surface area contributed by atoms with Crippen molar-refractivity contribution >= 4 is 12.0 Å². The molecule has 114 valence electrons. The molecule has 2 aliphatic rings. The van der Waals surface area contributed by atoms with Gasteiger partial charge in [0.05, 0.1) is 5.92 Å². The summed E-state index contributed by atoms with van der Waals surface area (Å²) in [5.74, 6) is -1.05. The standard InChI is InChI=1S/C15H26N2O3/c1-15(2)8-4-3-5-12(15)17-14(20)16-11-7-6-10(9-11)13(18)19/h10-12H,3-9H2,1-2H3,(H,18,19)(H2,16,17,20)/t10-,11+,12?/m1/s1. The van der Waals surface area contributed by atoms with Crippen molar-refractivity contribution in [2.45, 2.75) is 70.9 Å². The molecule has 2 rings (SSSR count). The number of nitrogens with one attached hydrogen (secondary N) is 2. The summed E-state index contributed by atoms with van der Waals surface area (Å²) in [4.78, 5) is 23.0. The highest BCUT2D eigenvalue weighted by molar-refractivity contribution is 5.75. The molecular formula is C15H26N2O3. The number of carbonyl (C=O) groups is 2. The zero-order valence-corrected chi connectivity index (χ0v) is 12.4. The van der Waals surface area contributed by atoms with E-state index in [1.165, 1.54) is 12.8 Å². The lowest BCUT2D eigenvalue weighted by Crippen LogP contribution is -2.51. The molecule has 5 nitrogen and oxygen atoms in total. The quantitative estimate of drug-likeness (QED) is 0.744. The van der Waals surface area contributed by atoms with E-state index >= 15 is 0 Å². The first-order valence-electron chi connectivity index (χ1n) is 7.68. The van der Waals surface area contributed by atoms with Gasteiger partial charge >= 0.3 is 12.0 Å². The van der Waals surface area contributed by atoms with E-state index in [1.54, 1.807) is 0 Å². The fraction of sp³-hybridized carbons (Fsp3) is 0.867. The number of hydrogen-bond donors (Lipinski definition) is 3. The highest BCUT2D eigenvalue weighted by Crippen LogP contribution is 2.35. The number of carboxylic acids is 1. The Morgan fingerprint density at radius 2 is 1.85 bits per heavy atom. The lowest BCUT2D eigenvalue weighted by molar-refractivity contribution is -0.141. The van der Waals surface area contributed by atoms with Gasteiger partial charge in [0.1, 0.15) is 0 Å². The molecule has 5 heteroatoms. The van der Waals surface area contributed by atoms with Gasteiger partial charge in [-0.2, -0.15) is 0 Å². The lowest BCUT2D eigenvalue weighted by atomic mass is 9.73. The van der Waals surface area contributed by atoms with E-state index in [0.29, 0.717) is 12.8 Å². The summed E-state index contributed by atoms with van der Waals surface area (Å²) in [7, 11) is 0. The SMILES string of the molecule is CC1(C)CCCCC1NC(=O)N[C@H]1CC[C@@H](C(=O)O)C1. The average Bonchev–Trinajstić information content (AvgIpc) is 2.80. The Kier molecular flexibility index (Phi) is 4.55. The minimum atomic E-state index is -0.747. The number of aliphatic carboxylic acids is 1. The first-order chi connectivity index (χ1) is 9.38. The number of hydrogen-bond acceptors (Lipinski definition) is 2. The smallest absolute Gasteiger partial charge is 0.315 e. The lowest BCUT2D eigenvalue weighted by Gasteiger charge is -2.39. The Morgan fingerprint density at radius 1 is 1.10 bits per heavy atom. The van der Waals surface area contributed by atoms with Crippen LogP contribution >= 0.6 is 0 Å². The van der Waals surface area contributed by atoms with Gasteiger partial charge in [0, 0.05) is 12.1 Å². The first-order valence-corrected chi connectivity index (χ1v) is 7.68. The molecule has 0 aromatic rings. The van der Waals surface area contributed by atoms with E-state index in [1.807, 2.05) is 0 Å². The number of rotatable bonds is 3. The number of carboxylic acid groups (broad SMARTS) is 1. The average molecular weight is 282 g/mol. The Balaban J connectivity index is 1.79. The largest absolute Gasteiger partial charge is 0.481 e. The summed E-state index contributed by atoms with van der Waals surface area (Å²) < 4.78 is 0. The van der Waals surface area contributed by atoms with E-state index in [2.05, 4.69) is 24.5 Å². The third-order valence-electron chi connectivity index (χ3n) is 4.93. The van der Waals surface area contributed by atoms with Gasteiger partial charge in [0.25, 0.3) is 0 Å². The van der Waals surface area contributed by atoms with Gasteiger partial charge in [-0.3, -0.25) is 4.79 Å². The van der Waals surface area contributed by atoms with Crippen molar-refractivity contribution < 1.29 is 14.7 Å². The second-order valence-electron chi connectivity index (χ2n) is 6.95. The Labute approximate surface area is 120 Å². The molecule has 1 unspecified atom stereocenters. The third-order valence-corrected chi connectivity index (χ3v) is 4.93. The number of carbonyl (C=O) groups excluding carboxylic acids is 1. The van der Waals surface area contributed by atoms with Crippen molar-refractivity contribution in [2.75, 3.05) is 0 Å². The van der Waals surface area contributed by atoms with Crippen LogP contribution in [0.25, 0.3) is 0 Å². The van der Waals surface area contributed by atoms with E-state index in [4.69, 9.17) is 5.11 Å². The van der Waals surface area contributed by atoms with Crippen LogP contribution in [-0.4, -0.2) is 29.2 Å². The first kappa shape index (κ1) is 15.1. The van der Waals surface area contributed by atoms with Gasteiger partial charge in [-0.15, -0.1) is 0 Å². The van der Waals surface area contributed by atoms with E-state index in [9.17, 15) is 9.59 Å². The van der Waals surface area contributed by atoms with Crippen LogP contribution < -0.4 is 10.6 Å². The van der Waals surface area contributed by atoms with Crippen LogP contribution in [0.5, 0.6) is 0 Å². The second kappa shape index (κ2) is 6.02. The highest BCUT2D eigenvalue weighted by atomic mass is 16.4. The molecule has 3 atom stereocenters. The monoisotopic (exact) mass is 282 g/mol. The molecule has 0 heterocycles. The molecule has 2 saturated carbocycles. The molecule has 0 saturated heterocycles. The zero-order valence-electron chi connectivity index (χ0n) is 12.4. The molecule has 0 aromatic carbocycles. The molecule has 0 spiro atoms. The van der Waals surface area contributed by atoms with Crippen LogP contribution in [0.2, 0.25) is 0 Å². The topological polar surface area (TPSA) is 78.4 Å². The molecule has 0 bridgehead atoms. The van der Waals surface area contributed by atoms with Gasteiger partial charge in [-0.25, -0.2) is 4.79 Å². The Bertz CT molecular complexity index is 381. The summed E-state index contributed by atoms with van der Waals surface area (Å²) in [6.07, 6.45) is 6.55. The maximum atomic E-state index is 12.1. The van der Waals surface area contributed by atoms with Crippen LogP contribution in [0.3, 0.4) is 0 Å². The molecule has 0 aromatic heterocycles. The number of amides is 2. The summed E-state index contributed by atoms with van der Waals surface area (Å²) in [6.45, 7) is 4.40. The van der Waals surface area contributed by atoms with Crippen molar-refractivity contribution in [1.29, 1.82) is 0 Å². The summed E-state index contributed by atoms with van der Waals surface area (Å²) in [5.41, 5.74) is 0.148. The summed E-state index contributed by atoms with van der Waals surface area (Å²) in [6, 6.07) is 0.0803. The van der Waals surface area contributed by atoms with Crippen LogP contribution in [0, 0.1) is 11.3 Å².